The fourth-order valence-electron chi connectivity index (χ4n) is 3.64. The maximum absolute atomic E-state index is 2.40. The zero-order valence-corrected chi connectivity index (χ0v) is 19.2. The third-order valence-corrected chi connectivity index (χ3v) is 5.48. The zero-order chi connectivity index (χ0) is 16.4. The Bertz CT molecular complexity index is 748. The molecule has 0 atom stereocenters. The van der Waals surface area contributed by atoms with Crippen molar-refractivity contribution < 1.29 is 57.7 Å². The van der Waals surface area contributed by atoms with Crippen molar-refractivity contribution in [2.24, 2.45) is 0 Å². The van der Waals surface area contributed by atoms with Crippen LogP contribution < -0.4 is 37.2 Å². The van der Waals surface area contributed by atoms with Gasteiger partial charge in [-0.05, 0) is 0 Å². The van der Waals surface area contributed by atoms with Gasteiger partial charge in [-0.2, -0.15) is 0 Å². The summed E-state index contributed by atoms with van der Waals surface area (Å²) in [7, 11) is 0. The average molecular weight is 442 g/mol. The van der Waals surface area contributed by atoms with Gasteiger partial charge in [-0.25, -0.2) is 0 Å². The topological polar surface area (TPSA) is 0 Å². The molecule has 136 valence electrons. The quantitative estimate of drug-likeness (QED) is 0.444. The van der Waals surface area contributed by atoms with Crippen molar-refractivity contribution in [1.29, 1.82) is 0 Å². The van der Waals surface area contributed by atoms with Gasteiger partial charge in [0.2, 0.25) is 0 Å². The van der Waals surface area contributed by atoms with Crippen molar-refractivity contribution in [2.45, 2.75) is 39.5 Å². The predicted molar refractivity (Wildman–Crippen MR) is 94.2 cm³/mol. The first-order valence-corrected chi connectivity index (χ1v) is 9.15. The summed E-state index contributed by atoms with van der Waals surface area (Å²) in [6.07, 6.45) is 4.60. The Balaban J connectivity index is 0.00000208. The van der Waals surface area contributed by atoms with Crippen molar-refractivity contribution >= 4 is 0 Å². The van der Waals surface area contributed by atoms with Crippen LogP contribution in [0.3, 0.4) is 0 Å². The fourth-order valence-corrected chi connectivity index (χ4v) is 4.32. The minimum Gasteiger partial charge on any atom is -1.00 e. The van der Waals surface area contributed by atoms with E-state index in [4.69, 9.17) is 0 Å². The van der Waals surface area contributed by atoms with Gasteiger partial charge in [0, 0.05) is 0 Å². The van der Waals surface area contributed by atoms with Crippen LogP contribution in [0.25, 0.3) is 0 Å². The van der Waals surface area contributed by atoms with Crippen molar-refractivity contribution in [3.05, 3.63) is 91.9 Å². The molecule has 0 saturated heterocycles. The van der Waals surface area contributed by atoms with E-state index < -0.39 is 0 Å². The third kappa shape index (κ3) is 5.50. The molecule has 0 bridgehead atoms. The van der Waals surface area contributed by atoms with E-state index in [1.807, 2.05) is 0 Å². The van der Waals surface area contributed by atoms with Crippen molar-refractivity contribution in [1.82, 2.24) is 0 Å². The molecule has 0 unspecified atom stereocenters. The van der Waals surface area contributed by atoms with Crippen LogP contribution in [0.4, 0.5) is 0 Å². The van der Waals surface area contributed by atoms with Crippen LogP contribution >= 0.6 is 0 Å². The Morgan fingerprint density at radius 1 is 0.885 bits per heavy atom. The summed E-state index contributed by atoms with van der Waals surface area (Å²) >= 11 is 2.26. The molecule has 0 N–H and O–H groups in total. The number of hydrogen-bond acceptors (Lipinski definition) is 0. The first-order chi connectivity index (χ1) is 11.1. The molecule has 0 aliphatic heterocycles. The van der Waals surface area contributed by atoms with Gasteiger partial charge in [0.25, 0.3) is 0 Å². The molecule has 0 radical (unpaired) electrons. The van der Waals surface area contributed by atoms with E-state index in [0.717, 1.165) is 12.8 Å². The van der Waals surface area contributed by atoms with E-state index in [1.54, 1.807) is 11.1 Å². The molecule has 4 heteroatoms. The molecule has 1 aliphatic rings. The Morgan fingerprint density at radius 2 is 1.38 bits per heavy atom. The van der Waals surface area contributed by atoms with Gasteiger partial charge in [-0.15, -0.1) is 0 Å². The molecule has 0 spiro atoms. The minimum absolute atomic E-state index is 0. The van der Waals surface area contributed by atoms with Gasteiger partial charge >= 0.3 is 152 Å². The average Bonchev–Trinajstić information content (AvgIpc) is 2.88. The standard InChI is InChI=1S/C22H23.3ClH.Ti/c1-4-18-10-7-13-21(18)22(19-11-5-8-16(2)14-19)20-12-6-9-17(3)15-20;;;;/h5-9,11-12,14-15,22H,4,13H2,1-3H3;3*1H;/q;;;;+3/p-3. The maximum Gasteiger partial charge on any atom is -1.00 e. The minimum atomic E-state index is 0. The van der Waals surface area contributed by atoms with Gasteiger partial charge < -0.3 is 37.2 Å². The summed E-state index contributed by atoms with van der Waals surface area (Å²) in [6, 6.07) is 18.0. The molecule has 2 aromatic rings. The SMILES string of the molecule is CCC1=C(C(c2cccc(C)c2)c2cccc(C)c2)CC=[C]1[Ti+3].[Cl-].[Cl-].[Cl-]. The fraction of sp³-hybridized carbons (Fsp3) is 0.273. The van der Waals surface area contributed by atoms with Gasteiger partial charge in [-0.3, -0.25) is 0 Å². The third-order valence-electron chi connectivity index (χ3n) is 4.69. The van der Waals surface area contributed by atoms with E-state index >= 15 is 0 Å². The van der Waals surface area contributed by atoms with Crippen LogP contribution in [0.2, 0.25) is 0 Å². The summed E-state index contributed by atoms with van der Waals surface area (Å²) in [5.74, 6) is 0.374. The van der Waals surface area contributed by atoms with Crippen LogP contribution in [-0.4, -0.2) is 0 Å². The first-order valence-electron chi connectivity index (χ1n) is 8.37. The van der Waals surface area contributed by atoms with Gasteiger partial charge in [0.15, 0.2) is 0 Å². The monoisotopic (exact) mass is 440 g/mol. The van der Waals surface area contributed by atoms with Crippen LogP contribution in [0.5, 0.6) is 0 Å². The molecule has 0 fully saturated rings. The molecule has 0 heterocycles. The van der Waals surface area contributed by atoms with Crippen molar-refractivity contribution in [3.8, 4) is 0 Å². The molecule has 0 amide bonds. The van der Waals surface area contributed by atoms with Crippen molar-refractivity contribution in [2.75, 3.05) is 0 Å². The number of benzene rings is 2. The summed E-state index contributed by atoms with van der Waals surface area (Å²) in [6.45, 7) is 6.65. The second-order valence-electron chi connectivity index (χ2n) is 6.44. The summed E-state index contributed by atoms with van der Waals surface area (Å²) in [4.78, 5) is 0. The molecular weight excluding hydrogens is 418 g/mol. The van der Waals surface area contributed by atoms with Gasteiger partial charge in [-0.1, -0.05) is 0 Å². The molecule has 1 aliphatic carbocycles. The summed E-state index contributed by atoms with van der Waals surface area (Å²) in [5.41, 5.74) is 8.64. The van der Waals surface area contributed by atoms with E-state index in [1.165, 1.54) is 26.1 Å². The molecule has 0 saturated carbocycles. The molecule has 2 aromatic carbocycles. The molecule has 26 heavy (non-hydrogen) atoms. The van der Waals surface area contributed by atoms with Gasteiger partial charge in [0.05, 0.1) is 0 Å². The second kappa shape index (κ2) is 11.4. The zero-order valence-electron chi connectivity index (χ0n) is 15.3. The van der Waals surface area contributed by atoms with Crippen LogP contribution in [-0.2, 0) is 20.4 Å². The van der Waals surface area contributed by atoms with E-state index in [-0.39, 0.29) is 37.2 Å². The van der Waals surface area contributed by atoms with Gasteiger partial charge in [0.1, 0.15) is 0 Å². The largest absolute Gasteiger partial charge is 1.00 e. The normalized spacial score (nSPS) is 12.9. The number of halogens is 3. The van der Waals surface area contributed by atoms with Crippen LogP contribution in [0.1, 0.15) is 47.9 Å². The molecule has 0 aromatic heterocycles. The number of allylic oxidation sites excluding steroid dienone is 4. The Hall–Kier alpha value is -0.496. The van der Waals surface area contributed by atoms with E-state index in [2.05, 4.69) is 95.8 Å². The maximum atomic E-state index is 2.40. The summed E-state index contributed by atoms with van der Waals surface area (Å²) in [5, 5.41) is 0. The summed E-state index contributed by atoms with van der Waals surface area (Å²) < 4.78 is 1.47. The molecule has 0 nitrogen and oxygen atoms in total. The second-order valence-corrected chi connectivity index (χ2v) is 7.28. The number of rotatable bonds is 4. The molecular formula is C22H23Cl3Ti. The number of hydrogen-bond donors (Lipinski definition) is 0. The van der Waals surface area contributed by atoms with Crippen LogP contribution in [0, 0.1) is 13.8 Å². The predicted octanol–water partition coefficient (Wildman–Crippen LogP) is -3.01. The Kier molecular flexibility index (Phi) is 11.2. The Labute approximate surface area is 188 Å². The van der Waals surface area contributed by atoms with E-state index in [0.29, 0.717) is 5.92 Å². The molecule has 3 rings (SSSR count). The van der Waals surface area contributed by atoms with E-state index in [9.17, 15) is 0 Å². The smallest absolute Gasteiger partial charge is 1.00 e. The first kappa shape index (κ1) is 25.5. The Morgan fingerprint density at radius 3 is 1.81 bits per heavy atom. The number of aryl methyl sites for hydroxylation is 2. The van der Waals surface area contributed by atoms with Crippen molar-refractivity contribution in [3.63, 3.8) is 0 Å². The van der Waals surface area contributed by atoms with Crippen LogP contribution in [0.15, 0.2) is 69.6 Å².